The number of halogens is 1. The third-order valence-corrected chi connectivity index (χ3v) is 4.46. The monoisotopic (exact) mass is 333 g/mol. The number of likely N-dealkylation sites (N-methyl/N-ethyl adjacent to an activating group) is 1. The molecule has 0 radical (unpaired) electrons. The van der Waals surface area contributed by atoms with Gasteiger partial charge in [-0.2, -0.15) is 0 Å². The Morgan fingerprint density at radius 2 is 2.19 bits per heavy atom. The normalized spacial score (nSPS) is 20.2. The third kappa shape index (κ3) is 4.76. The second-order valence-electron chi connectivity index (χ2n) is 5.28. The standard InChI is InChI=1S/C14H20ClNO4S/c1-16-8-4-6-12(9-16)20-14-11(10-21(15,17)18)5-3-7-13(14)19-2/h3,5,7,12H,4,6,8-10H2,1-2H3. The minimum atomic E-state index is -3.65. The summed E-state index contributed by atoms with van der Waals surface area (Å²) in [4.78, 5) is 2.20. The smallest absolute Gasteiger partial charge is 0.236 e. The van der Waals surface area contributed by atoms with Crippen LogP contribution in [-0.4, -0.2) is 46.7 Å². The summed E-state index contributed by atoms with van der Waals surface area (Å²) in [5, 5.41) is 0. The predicted octanol–water partition coefficient (Wildman–Crippen LogP) is 2.24. The van der Waals surface area contributed by atoms with E-state index in [2.05, 4.69) is 4.90 Å². The molecular weight excluding hydrogens is 314 g/mol. The van der Waals surface area contributed by atoms with E-state index < -0.39 is 9.05 Å². The average Bonchev–Trinajstić information content (AvgIpc) is 2.39. The van der Waals surface area contributed by atoms with Gasteiger partial charge in [0, 0.05) is 22.8 Å². The maximum atomic E-state index is 11.4. The molecule has 1 saturated heterocycles. The van der Waals surface area contributed by atoms with Crippen LogP contribution >= 0.6 is 10.7 Å². The number of methoxy groups -OCH3 is 1. The topological polar surface area (TPSA) is 55.8 Å². The summed E-state index contributed by atoms with van der Waals surface area (Å²) in [6.07, 6.45) is 2.02. The first kappa shape index (κ1) is 16.4. The number of likely N-dealkylation sites (tertiary alicyclic amines) is 1. The van der Waals surface area contributed by atoms with Crippen LogP contribution in [0, 0.1) is 0 Å². The Hall–Kier alpha value is -0.980. The van der Waals surface area contributed by atoms with Crippen LogP contribution in [0.5, 0.6) is 11.5 Å². The van der Waals surface area contributed by atoms with Crippen LogP contribution in [0.3, 0.4) is 0 Å². The first-order chi connectivity index (χ1) is 9.89. The number of benzene rings is 1. The van der Waals surface area contributed by atoms with E-state index in [-0.39, 0.29) is 11.9 Å². The van der Waals surface area contributed by atoms with E-state index in [1.807, 2.05) is 7.05 Å². The molecule has 2 rings (SSSR count). The molecule has 0 N–H and O–H groups in total. The number of rotatable bonds is 5. The van der Waals surface area contributed by atoms with Gasteiger partial charge in [-0.05, 0) is 32.5 Å². The van der Waals surface area contributed by atoms with Crippen LogP contribution in [0.25, 0.3) is 0 Å². The summed E-state index contributed by atoms with van der Waals surface area (Å²) in [5.41, 5.74) is 0.526. The molecule has 1 atom stereocenters. The van der Waals surface area contributed by atoms with E-state index in [1.54, 1.807) is 18.2 Å². The molecule has 5 nitrogen and oxygen atoms in total. The SMILES string of the molecule is COc1cccc(CS(=O)(=O)Cl)c1OC1CCCN(C)C1. The zero-order valence-electron chi connectivity index (χ0n) is 12.2. The van der Waals surface area contributed by atoms with Gasteiger partial charge in [-0.3, -0.25) is 0 Å². The van der Waals surface area contributed by atoms with E-state index >= 15 is 0 Å². The Kier molecular flexibility index (Phi) is 5.35. The molecule has 0 bridgehead atoms. The van der Waals surface area contributed by atoms with Crippen molar-refractivity contribution in [1.82, 2.24) is 4.90 Å². The third-order valence-electron chi connectivity index (χ3n) is 3.47. The minimum Gasteiger partial charge on any atom is -0.493 e. The Balaban J connectivity index is 2.26. The van der Waals surface area contributed by atoms with E-state index in [0.29, 0.717) is 17.1 Å². The first-order valence-electron chi connectivity index (χ1n) is 6.82. The fraction of sp³-hybridized carbons (Fsp3) is 0.571. The zero-order chi connectivity index (χ0) is 15.5. The lowest BCUT2D eigenvalue weighted by molar-refractivity contribution is 0.100. The minimum absolute atomic E-state index is 0.0248. The van der Waals surface area contributed by atoms with Crippen molar-refractivity contribution in [1.29, 1.82) is 0 Å². The fourth-order valence-electron chi connectivity index (χ4n) is 2.54. The molecule has 0 amide bonds. The molecule has 21 heavy (non-hydrogen) atoms. The van der Waals surface area contributed by atoms with Crippen LogP contribution in [0.2, 0.25) is 0 Å². The van der Waals surface area contributed by atoms with Crippen molar-refractivity contribution in [3.05, 3.63) is 23.8 Å². The summed E-state index contributed by atoms with van der Waals surface area (Å²) < 4.78 is 34.0. The Labute approximate surface area is 130 Å². The Morgan fingerprint density at radius 3 is 2.81 bits per heavy atom. The molecule has 0 spiro atoms. The molecule has 0 aliphatic carbocycles. The highest BCUT2D eigenvalue weighted by molar-refractivity contribution is 8.13. The van der Waals surface area contributed by atoms with Crippen molar-refractivity contribution < 1.29 is 17.9 Å². The van der Waals surface area contributed by atoms with Crippen molar-refractivity contribution in [2.75, 3.05) is 27.2 Å². The van der Waals surface area contributed by atoms with E-state index in [4.69, 9.17) is 20.2 Å². The fourth-order valence-corrected chi connectivity index (χ4v) is 3.49. The second-order valence-corrected chi connectivity index (χ2v) is 8.05. The molecule has 1 heterocycles. The molecule has 1 unspecified atom stereocenters. The predicted molar refractivity (Wildman–Crippen MR) is 82.6 cm³/mol. The van der Waals surface area contributed by atoms with Gasteiger partial charge in [-0.25, -0.2) is 8.42 Å². The van der Waals surface area contributed by atoms with E-state index in [9.17, 15) is 8.42 Å². The molecule has 1 aliphatic heterocycles. The van der Waals surface area contributed by atoms with Crippen molar-refractivity contribution in [2.45, 2.75) is 24.7 Å². The van der Waals surface area contributed by atoms with Gasteiger partial charge in [-0.15, -0.1) is 0 Å². The Bertz CT molecular complexity index is 591. The lowest BCUT2D eigenvalue weighted by atomic mass is 10.1. The molecule has 1 aromatic rings. The highest BCUT2D eigenvalue weighted by Gasteiger charge is 2.23. The molecule has 0 aromatic heterocycles. The molecule has 1 aliphatic rings. The first-order valence-corrected chi connectivity index (χ1v) is 9.30. The number of hydrogen-bond donors (Lipinski definition) is 0. The summed E-state index contributed by atoms with van der Waals surface area (Å²) in [6.45, 7) is 1.86. The highest BCUT2D eigenvalue weighted by atomic mass is 35.7. The van der Waals surface area contributed by atoms with Crippen LogP contribution in [0.1, 0.15) is 18.4 Å². The molecule has 0 saturated carbocycles. The number of hydrogen-bond acceptors (Lipinski definition) is 5. The van der Waals surface area contributed by atoms with Crippen LogP contribution in [0.15, 0.2) is 18.2 Å². The lowest BCUT2D eigenvalue weighted by Crippen LogP contribution is -2.38. The molecule has 118 valence electrons. The second kappa shape index (κ2) is 6.85. The maximum Gasteiger partial charge on any atom is 0.236 e. The Morgan fingerprint density at radius 1 is 1.43 bits per heavy atom. The van der Waals surface area contributed by atoms with Gasteiger partial charge in [0.15, 0.2) is 11.5 Å². The molecule has 1 fully saturated rings. The van der Waals surface area contributed by atoms with Crippen molar-refractivity contribution in [3.63, 3.8) is 0 Å². The van der Waals surface area contributed by atoms with Gasteiger partial charge in [0.2, 0.25) is 9.05 Å². The quantitative estimate of drug-likeness (QED) is 0.773. The summed E-state index contributed by atoms with van der Waals surface area (Å²) in [7, 11) is 5.30. The van der Waals surface area contributed by atoms with Crippen molar-refractivity contribution >= 4 is 19.7 Å². The summed E-state index contributed by atoms with van der Waals surface area (Å²) in [6, 6.07) is 5.19. The van der Waals surface area contributed by atoms with Gasteiger partial charge in [0.1, 0.15) is 6.10 Å². The highest BCUT2D eigenvalue weighted by Crippen LogP contribution is 2.34. The van der Waals surface area contributed by atoms with E-state index in [1.165, 1.54) is 7.11 Å². The zero-order valence-corrected chi connectivity index (χ0v) is 13.8. The van der Waals surface area contributed by atoms with Gasteiger partial charge in [0.05, 0.1) is 12.9 Å². The van der Waals surface area contributed by atoms with Gasteiger partial charge in [-0.1, -0.05) is 12.1 Å². The summed E-state index contributed by atoms with van der Waals surface area (Å²) in [5.74, 6) is 0.731. The van der Waals surface area contributed by atoms with Crippen LogP contribution in [-0.2, 0) is 14.8 Å². The molecular formula is C14H20ClNO4S. The molecule has 1 aromatic carbocycles. The number of para-hydroxylation sites is 1. The molecule has 7 heteroatoms. The average molecular weight is 334 g/mol. The van der Waals surface area contributed by atoms with Crippen LogP contribution in [0.4, 0.5) is 0 Å². The lowest BCUT2D eigenvalue weighted by Gasteiger charge is -2.31. The number of piperidine rings is 1. The maximum absolute atomic E-state index is 11.4. The van der Waals surface area contributed by atoms with E-state index in [0.717, 1.165) is 25.9 Å². The van der Waals surface area contributed by atoms with Gasteiger partial charge >= 0.3 is 0 Å². The number of ether oxygens (including phenoxy) is 2. The van der Waals surface area contributed by atoms with Crippen molar-refractivity contribution in [2.24, 2.45) is 0 Å². The van der Waals surface area contributed by atoms with Crippen molar-refractivity contribution in [3.8, 4) is 11.5 Å². The summed E-state index contributed by atoms with van der Waals surface area (Å²) >= 11 is 0. The number of nitrogens with zero attached hydrogens (tertiary/aromatic N) is 1. The van der Waals surface area contributed by atoms with Gasteiger partial charge < -0.3 is 14.4 Å². The van der Waals surface area contributed by atoms with Gasteiger partial charge in [0.25, 0.3) is 0 Å². The largest absolute Gasteiger partial charge is 0.493 e. The van der Waals surface area contributed by atoms with Crippen LogP contribution < -0.4 is 9.47 Å².